The molecule has 0 spiro atoms. The zero-order valence-electron chi connectivity index (χ0n) is 13.2. The summed E-state index contributed by atoms with van der Waals surface area (Å²) in [5.74, 6) is 0.00541. The van der Waals surface area contributed by atoms with Gasteiger partial charge >= 0.3 is 0 Å². The number of carbonyl (C=O) groups excluding carboxylic acids is 1. The van der Waals surface area contributed by atoms with E-state index in [1.807, 2.05) is 13.0 Å². The fourth-order valence-electron chi connectivity index (χ4n) is 2.57. The zero-order chi connectivity index (χ0) is 16.2. The van der Waals surface area contributed by atoms with Gasteiger partial charge in [-0.15, -0.1) is 11.3 Å². The van der Waals surface area contributed by atoms with Gasteiger partial charge in [-0.3, -0.25) is 4.79 Å². The van der Waals surface area contributed by atoms with Crippen LogP contribution in [0, 0.1) is 12.8 Å². The minimum Gasteiger partial charge on any atom is -0.356 e. The standard InChI is InChI=1S/C15H24N2O3S2/c1-3-4-9-16-15(18)13-7-10-17(11-8-13)22(19,20)14-6-5-12(2)21-14/h5-6,13H,3-4,7-11H2,1-2H3,(H,16,18). The van der Waals surface area contributed by atoms with E-state index in [4.69, 9.17) is 0 Å². The predicted octanol–water partition coefficient (Wildman–Crippen LogP) is 2.37. The molecule has 7 heteroatoms. The van der Waals surface area contributed by atoms with Crippen molar-refractivity contribution in [1.29, 1.82) is 0 Å². The second-order valence-electron chi connectivity index (χ2n) is 5.69. The molecule has 0 saturated carbocycles. The van der Waals surface area contributed by atoms with Gasteiger partial charge in [0, 0.05) is 30.4 Å². The highest BCUT2D eigenvalue weighted by atomic mass is 32.2. The van der Waals surface area contributed by atoms with Crippen LogP contribution in [0.15, 0.2) is 16.3 Å². The van der Waals surface area contributed by atoms with E-state index < -0.39 is 10.0 Å². The van der Waals surface area contributed by atoms with Crippen molar-refractivity contribution in [2.24, 2.45) is 5.92 Å². The van der Waals surface area contributed by atoms with Crippen molar-refractivity contribution in [2.45, 2.75) is 43.7 Å². The number of carbonyl (C=O) groups is 1. The molecule has 1 aromatic heterocycles. The second kappa shape index (κ2) is 7.57. The summed E-state index contributed by atoms with van der Waals surface area (Å²) in [6, 6.07) is 3.49. The normalized spacial score (nSPS) is 17.5. The Balaban J connectivity index is 1.90. The van der Waals surface area contributed by atoms with Gasteiger partial charge in [0.15, 0.2) is 0 Å². The Bertz CT molecular complexity index is 602. The number of hydrogen-bond donors (Lipinski definition) is 1. The molecule has 0 atom stereocenters. The van der Waals surface area contributed by atoms with Gasteiger partial charge in [0.2, 0.25) is 5.91 Å². The lowest BCUT2D eigenvalue weighted by Gasteiger charge is -2.30. The van der Waals surface area contributed by atoms with Crippen LogP contribution in [0.3, 0.4) is 0 Å². The minimum atomic E-state index is -3.39. The summed E-state index contributed by atoms with van der Waals surface area (Å²) in [5.41, 5.74) is 0. The molecule has 0 bridgehead atoms. The molecule has 2 heterocycles. The van der Waals surface area contributed by atoms with Gasteiger partial charge in [0.25, 0.3) is 10.0 Å². The van der Waals surface area contributed by atoms with Crippen LogP contribution in [-0.4, -0.2) is 38.3 Å². The lowest BCUT2D eigenvalue weighted by atomic mass is 9.97. The van der Waals surface area contributed by atoms with E-state index >= 15 is 0 Å². The molecule has 1 fully saturated rings. The van der Waals surface area contributed by atoms with Gasteiger partial charge < -0.3 is 5.32 Å². The summed E-state index contributed by atoms with van der Waals surface area (Å²) in [7, 11) is -3.39. The Kier molecular flexibility index (Phi) is 6.00. The largest absolute Gasteiger partial charge is 0.356 e. The Hall–Kier alpha value is -0.920. The molecule has 1 amide bonds. The highest BCUT2D eigenvalue weighted by Gasteiger charge is 2.32. The molecule has 1 aliphatic heterocycles. The predicted molar refractivity (Wildman–Crippen MR) is 88.5 cm³/mol. The number of unbranched alkanes of at least 4 members (excludes halogenated alkanes) is 1. The Labute approximate surface area is 136 Å². The van der Waals surface area contributed by atoms with Gasteiger partial charge in [0.05, 0.1) is 0 Å². The van der Waals surface area contributed by atoms with Crippen molar-refractivity contribution >= 4 is 27.3 Å². The first-order valence-electron chi connectivity index (χ1n) is 7.79. The maximum Gasteiger partial charge on any atom is 0.252 e. The van der Waals surface area contributed by atoms with Crippen LogP contribution in [0.2, 0.25) is 0 Å². The van der Waals surface area contributed by atoms with Crippen molar-refractivity contribution in [2.75, 3.05) is 19.6 Å². The number of piperidine rings is 1. The average Bonchev–Trinajstić information content (AvgIpc) is 2.95. The molecule has 124 valence electrons. The van der Waals surface area contributed by atoms with Crippen LogP contribution in [-0.2, 0) is 14.8 Å². The molecule has 0 aromatic carbocycles. The number of nitrogens with one attached hydrogen (secondary N) is 1. The summed E-state index contributed by atoms with van der Waals surface area (Å²) in [5, 5.41) is 2.94. The van der Waals surface area contributed by atoms with E-state index in [0.717, 1.165) is 17.7 Å². The van der Waals surface area contributed by atoms with Crippen molar-refractivity contribution in [3.8, 4) is 0 Å². The Morgan fingerprint density at radius 1 is 1.36 bits per heavy atom. The van der Waals surface area contributed by atoms with Crippen molar-refractivity contribution < 1.29 is 13.2 Å². The highest BCUT2D eigenvalue weighted by molar-refractivity contribution is 7.91. The summed E-state index contributed by atoms with van der Waals surface area (Å²) >= 11 is 1.30. The first kappa shape index (κ1) is 17.4. The van der Waals surface area contributed by atoms with E-state index in [1.54, 1.807) is 6.07 Å². The SMILES string of the molecule is CCCCNC(=O)C1CCN(S(=O)(=O)c2ccc(C)s2)CC1. The Morgan fingerprint density at radius 3 is 2.59 bits per heavy atom. The monoisotopic (exact) mass is 344 g/mol. The lowest BCUT2D eigenvalue weighted by Crippen LogP contribution is -2.42. The molecule has 0 aliphatic carbocycles. The number of hydrogen-bond acceptors (Lipinski definition) is 4. The zero-order valence-corrected chi connectivity index (χ0v) is 14.8. The van der Waals surface area contributed by atoms with Crippen LogP contribution in [0.25, 0.3) is 0 Å². The van der Waals surface area contributed by atoms with Crippen LogP contribution in [0.5, 0.6) is 0 Å². The minimum absolute atomic E-state index is 0.0617. The number of nitrogens with zero attached hydrogens (tertiary/aromatic N) is 1. The molecule has 1 saturated heterocycles. The van der Waals surface area contributed by atoms with E-state index in [0.29, 0.717) is 36.7 Å². The van der Waals surface area contributed by atoms with Crippen LogP contribution in [0.4, 0.5) is 0 Å². The smallest absolute Gasteiger partial charge is 0.252 e. The van der Waals surface area contributed by atoms with E-state index in [9.17, 15) is 13.2 Å². The van der Waals surface area contributed by atoms with Crippen molar-refractivity contribution in [3.63, 3.8) is 0 Å². The lowest BCUT2D eigenvalue weighted by molar-refractivity contribution is -0.126. The topological polar surface area (TPSA) is 66.5 Å². The first-order chi connectivity index (χ1) is 10.4. The number of amides is 1. The van der Waals surface area contributed by atoms with Gasteiger partial charge in [-0.1, -0.05) is 13.3 Å². The number of rotatable bonds is 6. The van der Waals surface area contributed by atoms with Gasteiger partial charge in [-0.05, 0) is 38.3 Å². The van der Waals surface area contributed by atoms with Crippen LogP contribution >= 0.6 is 11.3 Å². The number of sulfonamides is 1. The van der Waals surface area contributed by atoms with Crippen LogP contribution in [0.1, 0.15) is 37.5 Å². The third-order valence-electron chi connectivity index (χ3n) is 3.96. The molecule has 1 N–H and O–H groups in total. The Morgan fingerprint density at radius 2 is 2.05 bits per heavy atom. The molecular formula is C15H24N2O3S2. The van der Waals surface area contributed by atoms with E-state index in [2.05, 4.69) is 12.2 Å². The fourth-order valence-corrected chi connectivity index (χ4v) is 5.48. The van der Waals surface area contributed by atoms with Gasteiger partial charge in [-0.25, -0.2) is 8.42 Å². The second-order valence-corrected chi connectivity index (χ2v) is 9.14. The highest BCUT2D eigenvalue weighted by Crippen LogP contribution is 2.28. The molecule has 5 nitrogen and oxygen atoms in total. The summed E-state index contributed by atoms with van der Waals surface area (Å²) in [6.45, 7) is 5.54. The third kappa shape index (κ3) is 4.08. The number of thiophene rings is 1. The van der Waals surface area contributed by atoms with E-state index in [1.165, 1.54) is 15.6 Å². The molecule has 1 aromatic rings. The molecule has 1 aliphatic rings. The fraction of sp³-hybridized carbons (Fsp3) is 0.667. The maximum absolute atomic E-state index is 12.5. The summed E-state index contributed by atoms with van der Waals surface area (Å²) < 4.78 is 27.0. The van der Waals surface area contributed by atoms with Crippen molar-refractivity contribution in [3.05, 3.63) is 17.0 Å². The summed E-state index contributed by atoms with van der Waals surface area (Å²) in [6.07, 6.45) is 3.23. The van der Waals surface area contributed by atoms with Crippen LogP contribution < -0.4 is 5.32 Å². The molecular weight excluding hydrogens is 320 g/mol. The van der Waals surface area contributed by atoms with Gasteiger partial charge in [0.1, 0.15) is 4.21 Å². The average molecular weight is 345 g/mol. The van der Waals surface area contributed by atoms with E-state index in [-0.39, 0.29) is 11.8 Å². The third-order valence-corrected chi connectivity index (χ3v) is 7.33. The maximum atomic E-state index is 12.5. The molecule has 0 unspecified atom stereocenters. The molecule has 0 radical (unpaired) electrons. The first-order valence-corrected chi connectivity index (χ1v) is 10.0. The molecule has 2 rings (SSSR count). The quantitative estimate of drug-likeness (QED) is 0.806. The van der Waals surface area contributed by atoms with Crippen molar-refractivity contribution in [1.82, 2.24) is 9.62 Å². The number of aryl methyl sites for hydroxylation is 1. The van der Waals surface area contributed by atoms with Gasteiger partial charge in [-0.2, -0.15) is 4.31 Å². The molecule has 22 heavy (non-hydrogen) atoms. The summed E-state index contributed by atoms with van der Waals surface area (Å²) in [4.78, 5) is 13.0.